The molecule has 0 radical (unpaired) electrons. The van der Waals surface area contributed by atoms with Crippen molar-refractivity contribution in [1.29, 1.82) is 0 Å². The van der Waals surface area contributed by atoms with Crippen LogP contribution in [0.4, 0.5) is 5.82 Å². The summed E-state index contributed by atoms with van der Waals surface area (Å²) >= 11 is 0. The Labute approximate surface area is 118 Å². The molecular formula is C16H19N3O. The van der Waals surface area contributed by atoms with Gasteiger partial charge in [0.15, 0.2) is 0 Å². The Morgan fingerprint density at radius 2 is 2.20 bits per heavy atom. The summed E-state index contributed by atoms with van der Waals surface area (Å²) in [6, 6.07) is 10.1. The summed E-state index contributed by atoms with van der Waals surface area (Å²) in [5.41, 5.74) is 0.481. The standard InChI is InChI=1S/C16H19N3O/c1-3-10-8-13(10)19-16(20)14-9-11-6-4-5-7-12(11)15(17-2)18-14/h4-7,9-10,13H,3,8H2,1-2H3,(H,17,18)(H,19,20). The highest BCUT2D eigenvalue weighted by atomic mass is 16.2. The van der Waals surface area contributed by atoms with Gasteiger partial charge < -0.3 is 10.6 Å². The molecule has 4 nitrogen and oxygen atoms in total. The van der Waals surface area contributed by atoms with Crippen molar-refractivity contribution >= 4 is 22.5 Å². The van der Waals surface area contributed by atoms with Crippen molar-refractivity contribution in [3.63, 3.8) is 0 Å². The highest BCUT2D eigenvalue weighted by Crippen LogP contribution is 2.33. The minimum absolute atomic E-state index is 0.0757. The van der Waals surface area contributed by atoms with E-state index < -0.39 is 0 Å². The zero-order valence-electron chi connectivity index (χ0n) is 11.8. The molecule has 2 unspecified atom stereocenters. The van der Waals surface area contributed by atoms with E-state index in [2.05, 4.69) is 22.5 Å². The number of pyridine rings is 1. The predicted octanol–water partition coefficient (Wildman–Crippen LogP) is 2.80. The maximum Gasteiger partial charge on any atom is 0.270 e. The number of hydrogen-bond acceptors (Lipinski definition) is 3. The number of nitrogens with zero attached hydrogens (tertiary/aromatic N) is 1. The third kappa shape index (κ3) is 2.33. The topological polar surface area (TPSA) is 54.0 Å². The fourth-order valence-electron chi connectivity index (χ4n) is 2.62. The quantitative estimate of drug-likeness (QED) is 0.897. The summed E-state index contributed by atoms with van der Waals surface area (Å²) < 4.78 is 0. The number of hydrogen-bond donors (Lipinski definition) is 2. The molecule has 0 spiro atoms. The molecule has 1 saturated carbocycles. The lowest BCUT2D eigenvalue weighted by Crippen LogP contribution is -2.27. The number of fused-ring (bicyclic) bond motifs is 1. The molecule has 1 aliphatic rings. The molecule has 1 aliphatic carbocycles. The van der Waals surface area contributed by atoms with Gasteiger partial charge in [0.2, 0.25) is 0 Å². The van der Waals surface area contributed by atoms with Crippen LogP contribution in [-0.4, -0.2) is 24.0 Å². The van der Waals surface area contributed by atoms with Gasteiger partial charge in [-0.25, -0.2) is 4.98 Å². The summed E-state index contributed by atoms with van der Waals surface area (Å²) in [4.78, 5) is 16.7. The zero-order chi connectivity index (χ0) is 14.1. The minimum Gasteiger partial charge on any atom is -0.373 e. The molecule has 1 heterocycles. The Balaban J connectivity index is 1.89. The van der Waals surface area contributed by atoms with Gasteiger partial charge in [0, 0.05) is 18.5 Å². The smallest absolute Gasteiger partial charge is 0.270 e. The lowest BCUT2D eigenvalue weighted by molar-refractivity contribution is 0.0944. The van der Waals surface area contributed by atoms with Gasteiger partial charge >= 0.3 is 0 Å². The summed E-state index contributed by atoms with van der Waals surface area (Å²) in [6.07, 6.45) is 2.21. The van der Waals surface area contributed by atoms with Gasteiger partial charge in [-0.15, -0.1) is 0 Å². The van der Waals surface area contributed by atoms with Crippen molar-refractivity contribution < 1.29 is 4.79 Å². The largest absolute Gasteiger partial charge is 0.373 e. The fraction of sp³-hybridized carbons (Fsp3) is 0.375. The number of carbonyl (C=O) groups excluding carboxylic acids is 1. The molecule has 2 aromatic rings. The Morgan fingerprint density at radius 3 is 2.90 bits per heavy atom. The highest BCUT2D eigenvalue weighted by Gasteiger charge is 2.36. The van der Waals surface area contributed by atoms with Crippen molar-refractivity contribution in [3.8, 4) is 0 Å². The maximum absolute atomic E-state index is 12.3. The zero-order valence-corrected chi connectivity index (χ0v) is 11.8. The molecule has 1 fully saturated rings. The predicted molar refractivity (Wildman–Crippen MR) is 80.9 cm³/mol. The van der Waals surface area contributed by atoms with Gasteiger partial charge in [-0.05, 0) is 23.8 Å². The average Bonchev–Trinajstić information content (AvgIpc) is 3.24. The van der Waals surface area contributed by atoms with E-state index in [1.165, 1.54) is 0 Å². The molecule has 2 atom stereocenters. The van der Waals surface area contributed by atoms with Crippen molar-refractivity contribution in [1.82, 2.24) is 10.3 Å². The van der Waals surface area contributed by atoms with Crippen molar-refractivity contribution in [2.24, 2.45) is 5.92 Å². The molecule has 3 rings (SSSR count). The Bertz CT molecular complexity index is 653. The van der Waals surface area contributed by atoms with Crippen LogP contribution in [0.1, 0.15) is 30.3 Å². The minimum atomic E-state index is -0.0757. The fourth-order valence-corrected chi connectivity index (χ4v) is 2.62. The Kier molecular flexibility index (Phi) is 3.30. The monoisotopic (exact) mass is 269 g/mol. The Hall–Kier alpha value is -2.10. The van der Waals surface area contributed by atoms with Crippen LogP contribution in [0.2, 0.25) is 0 Å². The van der Waals surface area contributed by atoms with E-state index in [-0.39, 0.29) is 5.91 Å². The van der Waals surface area contributed by atoms with Crippen LogP contribution in [0.15, 0.2) is 30.3 Å². The number of aromatic nitrogens is 1. The molecule has 20 heavy (non-hydrogen) atoms. The first-order valence-corrected chi connectivity index (χ1v) is 7.11. The van der Waals surface area contributed by atoms with Crippen LogP contribution in [-0.2, 0) is 0 Å². The molecule has 104 valence electrons. The molecule has 1 aromatic carbocycles. The van der Waals surface area contributed by atoms with Crippen LogP contribution >= 0.6 is 0 Å². The second-order valence-electron chi connectivity index (χ2n) is 5.31. The van der Waals surface area contributed by atoms with E-state index in [4.69, 9.17) is 0 Å². The number of anilines is 1. The lowest BCUT2D eigenvalue weighted by Gasteiger charge is -2.09. The van der Waals surface area contributed by atoms with E-state index in [1.807, 2.05) is 37.4 Å². The van der Waals surface area contributed by atoms with Gasteiger partial charge in [-0.3, -0.25) is 4.79 Å². The number of carbonyl (C=O) groups is 1. The molecule has 0 saturated heterocycles. The van der Waals surface area contributed by atoms with Crippen LogP contribution in [0, 0.1) is 5.92 Å². The highest BCUT2D eigenvalue weighted by molar-refractivity contribution is 6.00. The molecule has 1 amide bonds. The number of nitrogens with one attached hydrogen (secondary N) is 2. The molecule has 1 aromatic heterocycles. The third-order valence-corrected chi connectivity index (χ3v) is 3.97. The van der Waals surface area contributed by atoms with Gasteiger partial charge in [0.1, 0.15) is 11.5 Å². The van der Waals surface area contributed by atoms with Gasteiger partial charge in [0.05, 0.1) is 0 Å². The van der Waals surface area contributed by atoms with Crippen molar-refractivity contribution in [2.45, 2.75) is 25.8 Å². The molecular weight excluding hydrogens is 250 g/mol. The van der Waals surface area contributed by atoms with E-state index in [1.54, 1.807) is 0 Å². The Morgan fingerprint density at radius 1 is 1.40 bits per heavy atom. The van der Waals surface area contributed by atoms with Crippen LogP contribution < -0.4 is 10.6 Å². The van der Waals surface area contributed by atoms with Gasteiger partial charge in [-0.2, -0.15) is 0 Å². The van der Waals surface area contributed by atoms with E-state index in [0.29, 0.717) is 17.7 Å². The van der Waals surface area contributed by atoms with E-state index >= 15 is 0 Å². The second kappa shape index (κ2) is 5.12. The lowest BCUT2D eigenvalue weighted by atomic mass is 10.1. The molecule has 4 heteroatoms. The first-order valence-electron chi connectivity index (χ1n) is 7.11. The first-order chi connectivity index (χ1) is 9.72. The number of rotatable bonds is 4. The summed E-state index contributed by atoms with van der Waals surface area (Å²) in [6.45, 7) is 2.16. The second-order valence-corrected chi connectivity index (χ2v) is 5.31. The molecule has 0 bridgehead atoms. The van der Waals surface area contributed by atoms with Crippen LogP contribution in [0.25, 0.3) is 10.8 Å². The molecule has 0 aliphatic heterocycles. The summed E-state index contributed by atoms with van der Waals surface area (Å²) in [5, 5.41) is 8.18. The van der Waals surface area contributed by atoms with Crippen LogP contribution in [0.5, 0.6) is 0 Å². The van der Waals surface area contributed by atoms with E-state index in [0.717, 1.165) is 29.4 Å². The summed E-state index contributed by atoms with van der Waals surface area (Å²) in [7, 11) is 1.82. The first kappa shape index (κ1) is 12.9. The third-order valence-electron chi connectivity index (χ3n) is 3.97. The van der Waals surface area contributed by atoms with Gasteiger partial charge in [-0.1, -0.05) is 37.6 Å². The number of benzene rings is 1. The normalized spacial score (nSPS) is 20.7. The SMILES string of the molecule is CCC1CC1NC(=O)c1cc2ccccc2c(NC)n1. The van der Waals surface area contributed by atoms with E-state index in [9.17, 15) is 4.79 Å². The molecule has 2 N–H and O–H groups in total. The number of amides is 1. The van der Waals surface area contributed by atoms with Gasteiger partial charge in [0.25, 0.3) is 5.91 Å². The van der Waals surface area contributed by atoms with Crippen LogP contribution in [0.3, 0.4) is 0 Å². The van der Waals surface area contributed by atoms with Crippen molar-refractivity contribution in [3.05, 3.63) is 36.0 Å². The average molecular weight is 269 g/mol. The maximum atomic E-state index is 12.3. The summed E-state index contributed by atoms with van der Waals surface area (Å²) in [5.74, 6) is 1.31. The van der Waals surface area contributed by atoms with Crippen molar-refractivity contribution in [2.75, 3.05) is 12.4 Å².